The Bertz CT molecular complexity index is 513. The van der Waals surface area contributed by atoms with Gasteiger partial charge in [0.1, 0.15) is 0 Å². The van der Waals surface area contributed by atoms with Crippen LogP contribution in [-0.4, -0.2) is 6.54 Å². The standard InChI is InChI=1S/C15H18BrNS/c1-4-17-15(12-8-18-9-13(12)16)14-10(2)6-5-7-11(14)3/h5-9,15,17H,4H2,1-3H3. The summed E-state index contributed by atoms with van der Waals surface area (Å²) in [6.07, 6.45) is 0. The fourth-order valence-corrected chi connectivity index (χ4v) is 3.90. The van der Waals surface area contributed by atoms with Crippen molar-refractivity contribution in [1.29, 1.82) is 0 Å². The minimum atomic E-state index is 0.275. The number of aryl methyl sites for hydroxylation is 2. The van der Waals surface area contributed by atoms with Crippen molar-refractivity contribution in [2.45, 2.75) is 26.8 Å². The normalized spacial score (nSPS) is 12.7. The average Bonchev–Trinajstić information content (AvgIpc) is 2.74. The van der Waals surface area contributed by atoms with E-state index in [2.05, 4.69) is 71.0 Å². The van der Waals surface area contributed by atoms with Crippen molar-refractivity contribution in [2.75, 3.05) is 6.54 Å². The molecule has 96 valence electrons. The molecule has 0 aliphatic heterocycles. The fraction of sp³-hybridized carbons (Fsp3) is 0.333. The van der Waals surface area contributed by atoms with E-state index in [1.807, 2.05) is 0 Å². The number of hydrogen-bond acceptors (Lipinski definition) is 2. The molecule has 0 amide bonds. The number of benzene rings is 1. The smallest absolute Gasteiger partial charge is 0.0601 e. The summed E-state index contributed by atoms with van der Waals surface area (Å²) in [4.78, 5) is 0. The Kier molecular flexibility index (Phi) is 4.60. The summed E-state index contributed by atoms with van der Waals surface area (Å²) < 4.78 is 1.20. The van der Waals surface area contributed by atoms with E-state index >= 15 is 0 Å². The van der Waals surface area contributed by atoms with Crippen LogP contribution in [0.25, 0.3) is 0 Å². The highest BCUT2D eigenvalue weighted by Gasteiger charge is 2.19. The van der Waals surface area contributed by atoms with Gasteiger partial charge in [-0.1, -0.05) is 25.1 Å². The van der Waals surface area contributed by atoms with Crippen LogP contribution < -0.4 is 5.32 Å². The van der Waals surface area contributed by atoms with E-state index < -0.39 is 0 Å². The molecular formula is C15H18BrNS. The summed E-state index contributed by atoms with van der Waals surface area (Å²) in [7, 11) is 0. The Labute approximate surface area is 121 Å². The van der Waals surface area contributed by atoms with E-state index in [-0.39, 0.29) is 6.04 Å². The Morgan fingerprint density at radius 2 is 1.89 bits per heavy atom. The predicted molar refractivity (Wildman–Crippen MR) is 83.5 cm³/mol. The van der Waals surface area contributed by atoms with Gasteiger partial charge in [0.2, 0.25) is 0 Å². The molecule has 0 spiro atoms. The topological polar surface area (TPSA) is 12.0 Å². The van der Waals surface area contributed by atoms with E-state index in [0.717, 1.165) is 6.54 Å². The van der Waals surface area contributed by atoms with Crippen LogP contribution in [0.15, 0.2) is 33.4 Å². The van der Waals surface area contributed by atoms with E-state index in [1.54, 1.807) is 11.3 Å². The highest BCUT2D eigenvalue weighted by Crippen LogP contribution is 2.34. The lowest BCUT2D eigenvalue weighted by Gasteiger charge is -2.22. The zero-order valence-electron chi connectivity index (χ0n) is 11.0. The first-order valence-corrected chi connectivity index (χ1v) is 7.89. The van der Waals surface area contributed by atoms with Gasteiger partial charge in [-0.15, -0.1) is 0 Å². The second-order valence-corrected chi connectivity index (χ2v) is 6.07. The van der Waals surface area contributed by atoms with Crippen LogP contribution >= 0.6 is 27.3 Å². The van der Waals surface area contributed by atoms with Crippen molar-refractivity contribution < 1.29 is 0 Å². The fourth-order valence-electron chi connectivity index (χ4n) is 2.35. The van der Waals surface area contributed by atoms with Crippen LogP contribution in [0.2, 0.25) is 0 Å². The summed E-state index contributed by atoms with van der Waals surface area (Å²) in [6.45, 7) is 7.49. The highest BCUT2D eigenvalue weighted by molar-refractivity contribution is 9.10. The number of halogens is 1. The van der Waals surface area contributed by atoms with Gasteiger partial charge in [-0.3, -0.25) is 0 Å². The molecule has 1 unspecified atom stereocenters. The molecule has 0 aliphatic rings. The number of thiophene rings is 1. The molecule has 2 rings (SSSR count). The summed E-state index contributed by atoms with van der Waals surface area (Å²) in [5.41, 5.74) is 5.43. The van der Waals surface area contributed by atoms with Gasteiger partial charge in [0.25, 0.3) is 0 Å². The molecule has 1 N–H and O–H groups in total. The molecule has 1 nitrogen and oxygen atoms in total. The molecule has 1 aromatic heterocycles. The first kappa shape index (κ1) is 13.8. The van der Waals surface area contributed by atoms with Crippen LogP contribution in [0.4, 0.5) is 0 Å². The minimum absolute atomic E-state index is 0.275. The molecule has 0 saturated heterocycles. The maximum atomic E-state index is 3.65. The molecule has 1 atom stereocenters. The Balaban J connectivity index is 2.52. The van der Waals surface area contributed by atoms with Crippen LogP contribution in [0.3, 0.4) is 0 Å². The van der Waals surface area contributed by atoms with Crippen molar-refractivity contribution in [1.82, 2.24) is 5.32 Å². The second-order valence-electron chi connectivity index (χ2n) is 4.47. The molecule has 1 heterocycles. The zero-order chi connectivity index (χ0) is 13.1. The third-order valence-corrected chi connectivity index (χ3v) is 4.94. The molecule has 2 aromatic rings. The largest absolute Gasteiger partial charge is 0.306 e. The first-order valence-electron chi connectivity index (χ1n) is 6.16. The summed E-state index contributed by atoms with van der Waals surface area (Å²) in [6, 6.07) is 6.77. The van der Waals surface area contributed by atoms with Crippen molar-refractivity contribution in [3.05, 3.63) is 55.7 Å². The third-order valence-electron chi connectivity index (χ3n) is 3.19. The SMILES string of the molecule is CCNC(c1cscc1Br)c1c(C)cccc1C. The lowest BCUT2D eigenvalue weighted by molar-refractivity contribution is 0.624. The summed E-state index contributed by atoms with van der Waals surface area (Å²) >= 11 is 5.39. The zero-order valence-corrected chi connectivity index (χ0v) is 13.4. The Hall–Kier alpha value is -0.640. The average molecular weight is 324 g/mol. The quantitative estimate of drug-likeness (QED) is 0.850. The lowest BCUT2D eigenvalue weighted by atomic mass is 9.92. The number of rotatable bonds is 4. The van der Waals surface area contributed by atoms with Crippen LogP contribution in [0, 0.1) is 13.8 Å². The maximum absolute atomic E-state index is 3.65. The summed E-state index contributed by atoms with van der Waals surface area (Å²) in [5.74, 6) is 0. The van der Waals surface area contributed by atoms with Crippen LogP contribution in [0.1, 0.15) is 35.2 Å². The van der Waals surface area contributed by atoms with Crippen LogP contribution in [-0.2, 0) is 0 Å². The van der Waals surface area contributed by atoms with Gasteiger partial charge < -0.3 is 5.32 Å². The minimum Gasteiger partial charge on any atom is -0.306 e. The highest BCUT2D eigenvalue weighted by atomic mass is 79.9. The van der Waals surface area contributed by atoms with Crippen molar-refractivity contribution in [2.24, 2.45) is 0 Å². The first-order chi connectivity index (χ1) is 8.65. The maximum Gasteiger partial charge on any atom is 0.0601 e. The third kappa shape index (κ3) is 2.68. The van der Waals surface area contributed by atoms with Gasteiger partial charge in [-0.25, -0.2) is 0 Å². The van der Waals surface area contributed by atoms with Gasteiger partial charge in [0, 0.05) is 9.85 Å². The van der Waals surface area contributed by atoms with Gasteiger partial charge in [0.15, 0.2) is 0 Å². The van der Waals surface area contributed by atoms with Gasteiger partial charge in [-0.2, -0.15) is 11.3 Å². The molecule has 0 radical (unpaired) electrons. The van der Waals surface area contributed by atoms with Gasteiger partial charge >= 0.3 is 0 Å². The molecule has 0 bridgehead atoms. The molecule has 0 fully saturated rings. The van der Waals surface area contributed by atoms with E-state index in [1.165, 1.54) is 26.7 Å². The second kappa shape index (κ2) is 6.00. The van der Waals surface area contributed by atoms with Crippen molar-refractivity contribution in [3.8, 4) is 0 Å². The number of hydrogen-bond donors (Lipinski definition) is 1. The molecule has 1 aromatic carbocycles. The molecule has 0 aliphatic carbocycles. The van der Waals surface area contributed by atoms with Crippen molar-refractivity contribution in [3.63, 3.8) is 0 Å². The monoisotopic (exact) mass is 323 g/mol. The predicted octanol–water partition coefficient (Wildman–Crippen LogP) is 4.83. The van der Waals surface area contributed by atoms with Gasteiger partial charge in [0.05, 0.1) is 6.04 Å². The van der Waals surface area contributed by atoms with E-state index in [9.17, 15) is 0 Å². The molecule has 0 saturated carbocycles. The Morgan fingerprint density at radius 1 is 1.22 bits per heavy atom. The number of nitrogens with one attached hydrogen (secondary N) is 1. The van der Waals surface area contributed by atoms with Gasteiger partial charge in [-0.05, 0) is 64.0 Å². The lowest BCUT2D eigenvalue weighted by Crippen LogP contribution is -2.23. The molecule has 18 heavy (non-hydrogen) atoms. The molecule has 3 heteroatoms. The summed E-state index contributed by atoms with van der Waals surface area (Å²) in [5, 5.41) is 7.97. The Morgan fingerprint density at radius 3 is 2.39 bits per heavy atom. The van der Waals surface area contributed by atoms with E-state index in [4.69, 9.17) is 0 Å². The van der Waals surface area contributed by atoms with Crippen molar-refractivity contribution >= 4 is 27.3 Å². The van der Waals surface area contributed by atoms with E-state index in [0.29, 0.717) is 0 Å². The molecular weight excluding hydrogens is 306 g/mol. The van der Waals surface area contributed by atoms with Crippen LogP contribution in [0.5, 0.6) is 0 Å².